The second-order valence-corrected chi connectivity index (χ2v) is 16.2. The molecule has 0 aliphatic carbocycles. The zero-order valence-electron chi connectivity index (χ0n) is 42.4. The summed E-state index contributed by atoms with van der Waals surface area (Å²) in [7, 11) is 0. The van der Waals surface area contributed by atoms with Gasteiger partial charge in [-0.3, -0.25) is 0 Å². The minimum atomic E-state index is 0. The average molecular weight is 1280 g/mol. The summed E-state index contributed by atoms with van der Waals surface area (Å²) in [5, 5.41) is 17.1. The molecule has 8 aromatic rings. The SMILES string of the molecule is Cc1ccc(N=C[N-]c2ccc(C)cc2)cc1.Cc1ccc(N=C[N-]c2ccc(C)cc2)cc1.Cc1ccc(N=C[N-]c2ccc(C)cc2)cc1.Cc1ccc(N=C[N-]c2ccc(C)cc2)cc1.[B].[B].[Ta+2].[Ta+2]. The number of rotatable bonds is 12. The van der Waals surface area contributed by atoms with E-state index in [0.29, 0.717) is 0 Å². The van der Waals surface area contributed by atoms with E-state index < -0.39 is 0 Å². The summed E-state index contributed by atoms with van der Waals surface area (Å²) < 4.78 is 0. The Morgan fingerprint density at radius 2 is 0.347 bits per heavy atom. The molecule has 0 aromatic heterocycles. The second kappa shape index (κ2) is 35.4. The van der Waals surface area contributed by atoms with Crippen molar-refractivity contribution in [2.24, 2.45) is 20.0 Å². The fourth-order valence-electron chi connectivity index (χ4n) is 5.70. The van der Waals surface area contributed by atoms with Crippen LogP contribution in [0.25, 0.3) is 21.3 Å². The molecule has 0 fully saturated rings. The summed E-state index contributed by atoms with van der Waals surface area (Å²) >= 11 is 0. The normalized spacial score (nSPS) is 10.1. The Hall–Kier alpha value is -6.75. The molecule has 0 bridgehead atoms. The van der Waals surface area contributed by atoms with Crippen molar-refractivity contribution in [2.75, 3.05) is 0 Å². The minimum Gasteiger partial charge on any atom is -0.443 e. The third-order valence-electron chi connectivity index (χ3n) is 9.93. The van der Waals surface area contributed by atoms with Gasteiger partial charge >= 0.3 is 44.8 Å². The maximum absolute atomic E-state index is 4.27. The molecule has 8 nitrogen and oxygen atoms in total. The van der Waals surface area contributed by atoms with Crippen LogP contribution in [0.1, 0.15) is 44.5 Å². The van der Waals surface area contributed by atoms with Crippen LogP contribution in [-0.2, 0) is 44.8 Å². The van der Waals surface area contributed by atoms with Crippen LogP contribution in [0.5, 0.6) is 0 Å². The van der Waals surface area contributed by atoms with Crippen molar-refractivity contribution in [1.82, 2.24) is 0 Å². The van der Waals surface area contributed by atoms with E-state index in [1.54, 1.807) is 25.4 Å². The van der Waals surface area contributed by atoms with Crippen LogP contribution in [0.4, 0.5) is 45.5 Å². The molecule has 0 aliphatic heterocycles. The van der Waals surface area contributed by atoms with Gasteiger partial charge < -0.3 is 41.2 Å². The van der Waals surface area contributed by atoms with Crippen molar-refractivity contribution >= 4 is 87.7 Å². The summed E-state index contributed by atoms with van der Waals surface area (Å²) in [6.45, 7) is 16.5. The zero-order chi connectivity index (χ0) is 48.4. The molecular formula is C60H60B2N8Ta2. The molecule has 8 aromatic carbocycles. The fourth-order valence-corrected chi connectivity index (χ4v) is 5.70. The molecule has 0 aliphatic rings. The molecule has 0 saturated carbocycles. The largest absolute Gasteiger partial charge is 2.00 e. The molecule has 0 spiro atoms. The maximum atomic E-state index is 4.27. The zero-order valence-corrected chi connectivity index (χ0v) is 48.8. The van der Waals surface area contributed by atoms with Crippen molar-refractivity contribution in [3.63, 3.8) is 0 Å². The van der Waals surface area contributed by atoms with Crippen molar-refractivity contribution < 1.29 is 44.8 Å². The van der Waals surface area contributed by atoms with Gasteiger partial charge in [0.15, 0.2) is 0 Å². The molecule has 72 heavy (non-hydrogen) atoms. The summed E-state index contributed by atoms with van der Waals surface area (Å²) in [6, 6.07) is 64.4. The molecule has 0 unspecified atom stereocenters. The smallest absolute Gasteiger partial charge is 0.443 e. The summed E-state index contributed by atoms with van der Waals surface area (Å²) in [5.74, 6) is 0. The maximum Gasteiger partial charge on any atom is 2.00 e. The van der Waals surface area contributed by atoms with Crippen LogP contribution in [0.2, 0.25) is 0 Å². The van der Waals surface area contributed by atoms with Gasteiger partial charge in [0.05, 0.1) is 0 Å². The minimum absolute atomic E-state index is 0. The predicted molar refractivity (Wildman–Crippen MR) is 306 cm³/mol. The molecule has 8 rings (SSSR count). The molecule has 0 N–H and O–H groups in total. The van der Waals surface area contributed by atoms with E-state index >= 15 is 0 Å². The van der Waals surface area contributed by atoms with Crippen molar-refractivity contribution in [3.8, 4) is 0 Å². The molecule has 0 atom stereocenters. The Bertz CT molecular complexity index is 2400. The van der Waals surface area contributed by atoms with Crippen LogP contribution < -0.4 is 0 Å². The van der Waals surface area contributed by atoms with Crippen molar-refractivity contribution in [2.45, 2.75) is 55.4 Å². The molecule has 12 heteroatoms. The quantitative estimate of drug-likeness (QED) is 0.0660. The van der Waals surface area contributed by atoms with E-state index in [1.807, 2.05) is 194 Å². The average Bonchev–Trinajstić information content (AvgIpc) is 3.35. The van der Waals surface area contributed by atoms with Crippen LogP contribution in [0.3, 0.4) is 0 Å². The summed E-state index contributed by atoms with van der Waals surface area (Å²) in [5.41, 5.74) is 17.3. The van der Waals surface area contributed by atoms with E-state index in [-0.39, 0.29) is 61.6 Å². The number of aryl methyl sites for hydroxylation is 8. The van der Waals surface area contributed by atoms with Gasteiger partial charge in [0.25, 0.3) is 0 Å². The van der Waals surface area contributed by atoms with E-state index in [9.17, 15) is 0 Å². The van der Waals surface area contributed by atoms with Gasteiger partial charge in [0.2, 0.25) is 0 Å². The van der Waals surface area contributed by atoms with Crippen LogP contribution >= 0.6 is 0 Å². The Kier molecular flexibility index (Phi) is 31.1. The summed E-state index contributed by atoms with van der Waals surface area (Å²) in [6.07, 6.45) is 6.37. The van der Waals surface area contributed by atoms with E-state index in [0.717, 1.165) is 45.5 Å². The number of hydrogen-bond donors (Lipinski definition) is 0. The Balaban J connectivity index is 0.000000471. The molecule has 8 radical (unpaired) electrons. The Morgan fingerprint density at radius 3 is 0.486 bits per heavy atom. The van der Waals surface area contributed by atoms with Gasteiger partial charge in [-0.15, -0.1) is 0 Å². The third kappa shape index (κ3) is 25.9. The third-order valence-corrected chi connectivity index (χ3v) is 9.93. The summed E-state index contributed by atoms with van der Waals surface area (Å²) in [4.78, 5) is 17.1. The monoisotopic (exact) mass is 1280 g/mol. The first-order chi connectivity index (χ1) is 32.9. The van der Waals surface area contributed by atoms with Gasteiger partial charge in [-0.05, 0) is 101 Å². The molecule has 0 saturated heterocycles. The van der Waals surface area contributed by atoms with Gasteiger partial charge in [-0.1, -0.05) is 264 Å². The van der Waals surface area contributed by atoms with Crippen LogP contribution in [0, 0.1) is 55.4 Å². The van der Waals surface area contributed by atoms with Gasteiger partial charge in [0, 0.05) is 16.8 Å². The number of nitrogens with zero attached hydrogens (tertiary/aromatic N) is 8. The first-order valence-electron chi connectivity index (χ1n) is 22.4. The van der Waals surface area contributed by atoms with E-state index in [2.05, 4.69) is 96.6 Å². The first kappa shape index (κ1) is 63.3. The topological polar surface area (TPSA) is 106 Å². The molecule has 0 amide bonds. The molecular weight excluding hydrogens is 1220 g/mol. The number of benzene rings is 8. The second-order valence-electron chi connectivity index (χ2n) is 16.2. The van der Waals surface area contributed by atoms with Crippen molar-refractivity contribution in [3.05, 3.63) is 260 Å². The van der Waals surface area contributed by atoms with Gasteiger partial charge in [-0.2, -0.15) is 0 Å². The fraction of sp³-hybridized carbons (Fsp3) is 0.133. The van der Waals surface area contributed by atoms with Crippen molar-refractivity contribution in [1.29, 1.82) is 0 Å². The first-order valence-corrected chi connectivity index (χ1v) is 22.4. The standard InChI is InChI=1S/4C15H15N2.2B.2Ta/c4*1-12-3-7-14(8-4-12)16-11-17-15-9-5-13(2)6-10-15;;;;/h4*3-11H,1-2H3;;;;/q4*-1;;;2*+2. The molecule has 356 valence electrons. The van der Waals surface area contributed by atoms with Gasteiger partial charge in [0.1, 0.15) is 0 Å². The Morgan fingerprint density at radius 1 is 0.222 bits per heavy atom. The van der Waals surface area contributed by atoms with E-state index in [4.69, 9.17) is 0 Å². The Labute approximate surface area is 464 Å². The van der Waals surface area contributed by atoms with Crippen LogP contribution in [0.15, 0.2) is 214 Å². The van der Waals surface area contributed by atoms with Crippen LogP contribution in [-0.4, -0.2) is 42.2 Å². The number of aliphatic imine (C=N–C) groups is 4. The van der Waals surface area contributed by atoms with E-state index in [1.165, 1.54) is 44.5 Å². The molecule has 0 heterocycles. The number of hydrogen-bond acceptors (Lipinski definition) is 4. The predicted octanol–water partition coefficient (Wildman–Crippen LogP) is 17.9. The van der Waals surface area contributed by atoms with Gasteiger partial charge in [-0.25, -0.2) is 0 Å².